The molecule has 0 aliphatic carbocycles. The van der Waals surface area contributed by atoms with Crippen LogP contribution in [-0.2, 0) is 9.53 Å². The minimum absolute atomic E-state index is 0.159. The molecule has 1 heterocycles. The predicted octanol–water partition coefficient (Wildman–Crippen LogP) is 3.20. The lowest BCUT2D eigenvalue weighted by atomic mass is 10.2. The number of hydrogen-bond acceptors (Lipinski definition) is 4. The maximum absolute atomic E-state index is 12.8. The molecule has 2 amide bonds. The fraction of sp³-hybridized carbons (Fsp3) is 0.412. The van der Waals surface area contributed by atoms with Crippen molar-refractivity contribution in [3.63, 3.8) is 0 Å². The molecule has 1 aromatic carbocycles. The van der Waals surface area contributed by atoms with E-state index in [0.717, 1.165) is 10.6 Å². The van der Waals surface area contributed by atoms with E-state index in [4.69, 9.17) is 4.74 Å². The Bertz CT molecular complexity index is 610. The van der Waals surface area contributed by atoms with Gasteiger partial charge in [-0.3, -0.25) is 4.79 Å². The molecule has 0 bridgehead atoms. The lowest BCUT2D eigenvalue weighted by Gasteiger charge is -2.26. The minimum Gasteiger partial charge on any atom is -0.444 e. The summed E-state index contributed by atoms with van der Waals surface area (Å²) >= 11 is 1.54. The highest BCUT2D eigenvalue weighted by atomic mass is 32.2. The molecule has 1 aromatic rings. The van der Waals surface area contributed by atoms with Crippen molar-refractivity contribution in [2.24, 2.45) is 0 Å². The molecule has 0 saturated carbocycles. The van der Waals surface area contributed by atoms with Crippen LogP contribution in [0.25, 0.3) is 0 Å². The number of amides is 2. The lowest BCUT2D eigenvalue weighted by Crippen LogP contribution is -2.50. The van der Waals surface area contributed by atoms with Gasteiger partial charge in [0.15, 0.2) is 0 Å². The maximum Gasteiger partial charge on any atom is 0.408 e. The number of nitrogens with one attached hydrogen (secondary N) is 1. The third-order valence-corrected chi connectivity index (χ3v) is 4.28. The fourth-order valence-electron chi connectivity index (χ4n) is 2.22. The van der Waals surface area contributed by atoms with E-state index in [2.05, 4.69) is 11.9 Å². The molecule has 0 saturated heterocycles. The molecule has 0 aromatic heterocycles. The normalized spacial score (nSPS) is 18.0. The van der Waals surface area contributed by atoms with Crippen molar-refractivity contribution in [2.45, 2.75) is 37.3 Å². The highest BCUT2D eigenvalue weighted by Gasteiger charge is 2.32. The minimum atomic E-state index is -0.637. The van der Waals surface area contributed by atoms with Crippen LogP contribution in [0.3, 0.4) is 0 Å². The summed E-state index contributed by atoms with van der Waals surface area (Å²) in [4.78, 5) is 27.4. The van der Waals surface area contributed by atoms with Crippen molar-refractivity contribution < 1.29 is 14.3 Å². The van der Waals surface area contributed by atoms with Crippen LogP contribution >= 0.6 is 11.8 Å². The van der Waals surface area contributed by atoms with Crippen molar-refractivity contribution in [1.82, 2.24) is 5.32 Å². The zero-order valence-electron chi connectivity index (χ0n) is 13.7. The summed E-state index contributed by atoms with van der Waals surface area (Å²) in [7, 11) is 0. The van der Waals surface area contributed by atoms with E-state index in [1.165, 1.54) is 0 Å². The van der Waals surface area contributed by atoms with Crippen LogP contribution < -0.4 is 10.2 Å². The van der Waals surface area contributed by atoms with E-state index < -0.39 is 17.7 Å². The third kappa shape index (κ3) is 4.51. The Morgan fingerprint density at radius 2 is 2.17 bits per heavy atom. The average molecular weight is 334 g/mol. The lowest BCUT2D eigenvalue weighted by molar-refractivity contribution is -0.120. The van der Waals surface area contributed by atoms with Gasteiger partial charge in [0, 0.05) is 17.2 Å². The predicted molar refractivity (Wildman–Crippen MR) is 92.9 cm³/mol. The Morgan fingerprint density at radius 3 is 2.83 bits per heavy atom. The Kier molecular flexibility index (Phi) is 5.36. The van der Waals surface area contributed by atoms with Gasteiger partial charge in [-0.15, -0.1) is 18.3 Å². The first kappa shape index (κ1) is 17.4. The second-order valence-electron chi connectivity index (χ2n) is 6.22. The standard InChI is InChI=1S/C17H22N2O3S/c1-5-10-19-13-8-6-7-9-14(13)23-11-12(15(19)20)18-16(21)22-17(2,3)4/h5-9,12H,1,10-11H2,2-4H3,(H,18,21). The number of alkyl carbamates (subject to hydrolysis) is 1. The zero-order chi connectivity index (χ0) is 17.0. The number of hydrogen-bond donors (Lipinski definition) is 1. The molecule has 2 rings (SSSR count). The van der Waals surface area contributed by atoms with Crippen LogP contribution in [0, 0.1) is 0 Å². The second-order valence-corrected chi connectivity index (χ2v) is 7.28. The number of fused-ring (bicyclic) bond motifs is 1. The second kappa shape index (κ2) is 7.08. The number of carbonyl (C=O) groups excluding carboxylic acids is 2. The van der Waals surface area contributed by atoms with Gasteiger partial charge < -0.3 is 15.0 Å². The van der Waals surface area contributed by atoms with Crippen LogP contribution in [0.4, 0.5) is 10.5 Å². The van der Waals surface area contributed by atoms with Gasteiger partial charge in [-0.25, -0.2) is 4.79 Å². The van der Waals surface area contributed by atoms with Gasteiger partial charge in [0.05, 0.1) is 5.69 Å². The number of thioether (sulfide) groups is 1. The summed E-state index contributed by atoms with van der Waals surface area (Å²) in [5.41, 5.74) is 0.241. The van der Waals surface area contributed by atoms with Crippen molar-refractivity contribution >= 4 is 29.4 Å². The maximum atomic E-state index is 12.8. The fourth-order valence-corrected chi connectivity index (χ4v) is 3.30. The van der Waals surface area contributed by atoms with Crippen molar-refractivity contribution in [3.05, 3.63) is 36.9 Å². The molecule has 1 aliphatic rings. The van der Waals surface area contributed by atoms with Crippen LogP contribution in [-0.4, -0.2) is 35.9 Å². The first-order valence-corrected chi connectivity index (χ1v) is 8.44. The van der Waals surface area contributed by atoms with E-state index >= 15 is 0 Å². The van der Waals surface area contributed by atoms with E-state index in [1.807, 2.05) is 24.3 Å². The highest BCUT2D eigenvalue weighted by Crippen LogP contribution is 2.34. The molecular formula is C17H22N2O3S. The van der Waals surface area contributed by atoms with E-state index in [1.54, 1.807) is 43.5 Å². The molecule has 124 valence electrons. The van der Waals surface area contributed by atoms with Gasteiger partial charge in [0.25, 0.3) is 5.91 Å². The van der Waals surface area contributed by atoms with Crippen molar-refractivity contribution in [2.75, 3.05) is 17.2 Å². The van der Waals surface area contributed by atoms with Crippen molar-refractivity contribution in [3.8, 4) is 0 Å². The Balaban J connectivity index is 2.20. The molecule has 1 atom stereocenters. The number of anilines is 1. The number of benzene rings is 1. The summed E-state index contributed by atoms with van der Waals surface area (Å²) in [5.74, 6) is 0.302. The van der Waals surface area contributed by atoms with Gasteiger partial charge in [-0.05, 0) is 32.9 Å². The highest BCUT2D eigenvalue weighted by molar-refractivity contribution is 7.99. The van der Waals surface area contributed by atoms with E-state index in [9.17, 15) is 9.59 Å². The first-order chi connectivity index (χ1) is 10.8. The van der Waals surface area contributed by atoms with Crippen molar-refractivity contribution in [1.29, 1.82) is 0 Å². The quantitative estimate of drug-likeness (QED) is 0.863. The largest absolute Gasteiger partial charge is 0.444 e. The molecule has 0 radical (unpaired) electrons. The van der Waals surface area contributed by atoms with Crippen LogP contribution in [0.15, 0.2) is 41.8 Å². The van der Waals surface area contributed by atoms with Gasteiger partial charge in [0.2, 0.25) is 0 Å². The van der Waals surface area contributed by atoms with Crippen LogP contribution in [0.5, 0.6) is 0 Å². The molecule has 1 aliphatic heterocycles. The summed E-state index contributed by atoms with van der Waals surface area (Å²) in [5, 5.41) is 2.68. The number of para-hydroxylation sites is 1. The molecule has 0 spiro atoms. The molecule has 5 nitrogen and oxygen atoms in total. The van der Waals surface area contributed by atoms with Gasteiger partial charge in [0.1, 0.15) is 11.6 Å². The SMILES string of the molecule is C=CCN1C(=O)C(NC(=O)OC(C)(C)C)CSc2ccccc21. The topological polar surface area (TPSA) is 58.6 Å². The Hall–Kier alpha value is -1.95. The summed E-state index contributed by atoms with van der Waals surface area (Å²) in [6, 6.07) is 7.06. The number of ether oxygens (including phenoxy) is 1. The first-order valence-electron chi connectivity index (χ1n) is 7.45. The summed E-state index contributed by atoms with van der Waals surface area (Å²) in [6.07, 6.45) is 1.09. The number of rotatable bonds is 3. The van der Waals surface area contributed by atoms with E-state index in [-0.39, 0.29) is 5.91 Å². The average Bonchev–Trinajstić information content (AvgIpc) is 2.58. The van der Waals surface area contributed by atoms with Gasteiger partial charge >= 0.3 is 6.09 Å². The van der Waals surface area contributed by atoms with Crippen LogP contribution in [0.2, 0.25) is 0 Å². The zero-order valence-corrected chi connectivity index (χ0v) is 14.5. The Labute approximate surface area is 141 Å². The molecule has 1 unspecified atom stereocenters. The van der Waals surface area contributed by atoms with Crippen LogP contribution in [0.1, 0.15) is 20.8 Å². The number of carbonyl (C=O) groups is 2. The van der Waals surface area contributed by atoms with E-state index in [0.29, 0.717) is 12.3 Å². The van der Waals surface area contributed by atoms with Gasteiger partial charge in [-0.2, -0.15) is 0 Å². The summed E-state index contributed by atoms with van der Waals surface area (Å²) in [6.45, 7) is 9.47. The summed E-state index contributed by atoms with van der Waals surface area (Å²) < 4.78 is 5.25. The smallest absolute Gasteiger partial charge is 0.408 e. The third-order valence-electron chi connectivity index (χ3n) is 3.13. The molecular weight excluding hydrogens is 312 g/mol. The monoisotopic (exact) mass is 334 g/mol. The molecule has 1 N–H and O–H groups in total. The molecule has 0 fully saturated rings. The van der Waals surface area contributed by atoms with Gasteiger partial charge in [-0.1, -0.05) is 18.2 Å². The Morgan fingerprint density at radius 1 is 1.48 bits per heavy atom. The number of nitrogens with zero attached hydrogens (tertiary/aromatic N) is 1. The molecule has 23 heavy (non-hydrogen) atoms. The molecule has 6 heteroatoms.